The van der Waals surface area contributed by atoms with Crippen molar-refractivity contribution >= 4 is 35.3 Å². The zero-order valence-electron chi connectivity index (χ0n) is 26.0. The monoisotopic (exact) mass is 762 g/mol. The Hall–Kier alpha value is -3.44. The van der Waals surface area contributed by atoms with E-state index in [1.165, 1.54) is 16.3 Å². The molecule has 0 unspecified atom stereocenters. The summed E-state index contributed by atoms with van der Waals surface area (Å²) in [7, 11) is -1.34. The molecule has 0 saturated heterocycles. The van der Waals surface area contributed by atoms with Gasteiger partial charge in [0, 0.05) is 44.1 Å². The van der Waals surface area contributed by atoms with Gasteiger partial charge in [-0.2, -0.15) is 0 Å². The third-order valence-electron chi connectivity index (χ3n) is 7.33. The number of pyridine rings is 3. The van der Waals surface area contributed by atoms with Crippen molar-refractivity contribution in [1.29, 1.82) is 0 Å². The molecule has 0 aliphatic heterocycles. The molecular weight excluding hydrogens is 723 g/mol. The summed E-state index contributed by atoms with van der Waals surface area (Å²) in [6.07, 6.45) is 6.83. The largest absolute Gasteiger partial charge is 0.486 e. The van der Waals surface area contributed by atoms with Crippen molar-refractivity contribution < 1.29 is 24.5 Å². The van der Waals surface area contributed by atoms with Gasteiger partial charge in [-0.25, -0.2) is 4.98 Å². The van der Waals surface area contributed by atoms with Crippen LogP contribution < -0.4 is 5.19 Å². The van der Waals surface area contributed by atoms with Gasteiger partial charge >= 0.3 is 0 Å². The number of aromatic nitrogens is 3. The molecule has 2 aromatic carbocycles. The van der Waals surface area contributed by atoms with Crippen LogP contribution in [0.25, 0.3) is 44.6 Å². The van der Waals surface area contributed by atoms with Gasteiger partial charge in [0.2, 0.25) is 5.71 Å². The van der Waals surface area contributed by atoms with Gasteiger partial charge in [-0.3, -0.25) is 0 Å². The Morgan fingerprint density at radius 1 is 0.791 bits per heavy atom. The minimum atomic E-state index is -1.34. The van der Waals surface area contributed by atoms with Gasteiger partial charge in [0.15, 0.2) is 0 Å². The smallest absolute Gasteiger partial charge is 0.216 e. The molecular formula is C37H39IrN3OSi-2. The number of hydrogen-bond donors (Lipinski definition) is 0. The van der Waals surface area contributed by atoms with E-state index in [2.05, 4.69) is 105 Å². The first kappa shape index (κ1) is 32.5. The van der Waals surface area contributed by atoms with Crippen molar-refractivity contribution in [3.63, 3.8) is 0 Å². The zero-order valence-corrected chi connectivity index (χ0v) is 29.4. The van der Waals surface area contributed by atoms with Crippen molar-refractivity contribution in [2.75, 3.05) is 0 Å². The topological polar surface area (TPSA) is 51.8 Å². The summed E-state index contributed by atoms with van der Waals surface area (Å²) in [6.45, 7) is 16.1. The normalized spacial score (nSPS) is 11.5. The number of fused-ring (bicyclic) bond motifs is 3. The summed E-state index contributed by atoms with van der Waals surface area (Å²) in [5, 5.41) is 3.56. The van der Waals surface area contributed by atoms with Crippen LogP contribution in [-0.4, -0.2) is 23.0 Å². The Balaban J connectivity index is 0.000000194. The minimum Gasteiger partial charge on any atom is -0.486 e. The fraction of sp³-hybridized carbons (Fsp3) is 0.270. The number of hydrogen-bond acceptors (Lipinski definition) is 4. The van der Waals surface area contributed by atoms with Gasteiger partial charge in [0.1, 0.15) is 0 Å². The van der Waals surface area contributed by atoms with Gasteiger partial charge in [-0.15, -0.1) is 54.1 Å². The predicted octanol–water partition coefficient (Wildman–Crippen LogP) is 9.26. The Kier molecular flexibility index (Phi) is 10.5. The number of furan rings is 1. The van der Waals surface area contributed by atoms with Crippen LogP contribution in [-0.2, 0) is 26.5 Å². The second-order valence-electron chi connectivity index (χ2n) is 12.5. The van der Waals surface area contributed by atoms with Crippen LogP contribution in [0.2, 0.25) is 19.6 Å². The number of benzene rings is 2. The predicted molar refractivity (Wildman–Crippen MR) is 178 cm³/mol. The summed E-state index contributed by atoms with van der Waals surface area (Å²) < 4.78 is 5.96. The average Bonchev–Trinajstić information content (AvgIpc) is 3.36. The third kappa shape index (κ3) is 7.56. The van der Waals surface area contributed by atoms with Crippen LogP contribution in [0.15, 0.2) is 89.7 Å². The molecule has 4 nitrogen and oxygen atoms in total. The summed E-state index contributed by atoms with van der Waals surface area (Å²) in [5.41, 5.74) is 8.07. The van der Waals surface area contributed by atoms with Gasteiger partial charge in [-0.05, 0) is 53.0 Å². The van der Waals surface area contributed by atoms with Crippen molar-refractivity contribution in [3.05, 3.63) is 109 Å². The fourth-order valence-electron chi connectivity index (χ4n) is 5.19. The maximum atomic E-state index is 5.96. The van der Waals surface area contributed by atoms with E-state index in [4.69, 9.17) is 4.42 Å². The second-order valence-corrected chi connectivity index (χ2v) is 17.6. The van der Waals surface area contributed by atoms with Crippen LogP contribution in [0, 0.1) is 18.1 Å². The fourth-order valence-corrected chi connectivity index (χ4v) is 6.78. The van der Waals surface area contributed by atoms with E-state index in [9.17, 15) is 0 Å². The van der Waals surface area contributed by atoms with Crippen molar-refractivity contribution in [1.82, 2.24) is 15.0 Å². The Morgan fingerprint density at radius 3 is 2.30 bits per heavy atom. The van der Waals surface area contributed by atoms with Gasteiger partial charge in [0.05, 0.1) is 13.7 Å². The molecule has 43 heavy (non-hydrogen) atoms. The average molecular weight is 762 g/mol. The molecule has 4 heterocycles. The zero-order chi connectivity index (χ0) is 29.9. The molecule has 0 aliphatic rings. The van der Waals surface area contributed by atoms with Crippen LogP contribution >= 0.6 is 0 Å². The molecule has 6 heteroatoms. The summed E-state index contributed by atoms with van der Waals surface area (Å²) in [4.78, 5) is 13.5. The molecule has 0 bridgehead atoms. The number of nitrogens with zero attached hydrogens (tertiary/aromatic N) is 3. The molecule has 0 spiro atoms. The minimum absolute atomic E-state index is 0. The molecule has 223 valence electrons. The van der Waals surface area contributed by atoms with E-state index < -0.39 is 8.07 Å². The first-order valence-corrected chi connectivity index (χ1v) is 18.2. The van der Waals surface area contributed by atoms with Gasteiger partial charge < -0.3 is 14.4 Å². The molecule has 6 rings (SSSR count). The molecule has 1 radical (unpaired) electrons. The maximum Gasteiger partial charge on any atom is 0.216 e. The first-order chi connectivity index (χ1) is 20.1. The molecule has 0 saturated carbocycles. The second kappa shape index (κ2) is 13.9. The Bertz CT molecular complexity index is 1810. The molecule has 0 amide bonds. The van der Waals surface area contributed by atoms with Crippen molar-refractivity contribution in [2.24, 2.45) is 5.92 Å². The van der Waals surface area contributed by atoms with Gasteiger partial charge in [0.25, 0.3) is 0 Å². The van der Waals surface area contributed by atoms with Crippen LogP contribution in [0.1, 0.15) is 44.7 Å². The quantitative estimate of drug-likeness (QED) is 0.126. The molecule has 0 N–H and O–H groups in total. The van der Waals surface area contributed by atoms with E-state index in [1.54, 1.807) is 6.20 Å². The Morgan fingerprint density at radius 2 is 1.60 bits per heavy atom. The van der Waals surface area contributed by atoms with Crippen LogP contribution in [0.4, 0.5) is 0 Å². The molecule has 0 aliphatic carbocycles. The molecule has 0 atom stereocenters. The van der Waals surface area contributed by atoms with Crippen LogP contribution in [0.3, 0.4) is 0 Å². The number of rotatable bonds is 6. The first-order valence-electron chi connectivity index (χ1n) is 14.7. The van der Waals surface area contributed by atoms with E-state index in [-0.39, 0.29) is 20.1 Å². The standard InChI is InChI=1S/C19H15N2O.C18H24NSi.Ir/c1-12(2)13-8-10-20-17(11-13)16-6-3-5-14-15-7-4-9-21-19(15)22-18(14)16;1-14(2)11-16-12-17(15-9-7-6-8-10-15)19-13-18(16)20(3,4)5;/h3-5,7-12H,1-2H3;6-9,12-14H,11H2,1-5H3;/q2*-1;. The van der Waals surface area contributed by atoms with E-state index in [0.29, 0.717) is 17.5 Å². The summed E-state index contributed by atoms with van der Waals surface area (Å²) in [5.74, 6) is 1.12. The summed E-state index contributed by atoms with van der Waals surface area (Å²) in [6, 6.07) is 28.9. The molecule has 6 aromatic rings. The molecule has 0 fully saturated rings. The van der Waals surface area contributed by atoms with E-state index in [0.717, 1.165) is 45.3 Å². The Labute approximate surface area is 270 Å². The van der Waals surface area contributed by atoms with Crippen molar-refractivity contribution in [2.45, 2.75) is 59.7 Å². The van der Waals surface area contributed by atoms with Crippen LogP contribution in [0.5, 0.6) is 0 Å². The summed E-state index contributed by atoms with van der Waals surface area (Å²) >= 11 is 0. The van der Waals surface area contributed by atoms with E-state index >= 15 is 0 Å². The SMILES string of the molecule is CC(C)Cc1cc(-c2[c-]cccc2)ncc1[Si](C)(C)C.CC(C)c1ccnc(-c2[c-]ccc3c2oc2ncccc23)c1.[Ir]. The molecule has 4 aromatic heterocycles. The maximum absolute atomic E-state index is 5.96. The van der Waals surface area contributed by atoms with Crippen molar-refractivity contribution in [3.8, 4) is 22.5 Å². The van der Waals surface area contributed by atoms with E-state index in [1.807, 2.05) is 48.7 Å². The van der Waals surface area contributed by atoms with Gasteiger partial charge in [-0.1, -0.05) is 81.5 Å². The third-order valence-corrected chi connectivity index (χ3v) is 9.39.